The van der Waals surface area contributed by atoms with Crippen molar-refractivity contribution < 1.29 is 9.59 Å². The van der Waals surface area contributed by atoms with Crippen molar-refractivity contribution in [3.8, 4) is 0 Å². The van der Waals surface area contributed by atoms with Crippen LogP contribution in [0.4, 0.5) is 0 Å². The molecule has 0 unspecified atom stereocenters. The molecule has 0 aliphatic heterocycles. The largest absolute Gasteiger partial charge is 0.273 e. The molecule has 0 saturated carbocycles. The molecule has 2 amide bonds. The highest BCUT2D eigenvalue weighted by atomic mass is 79.9. The third kappa shape index (κ3) is 6.60. The molecule has 0 heterocycles. The van der Waals surface area contributed by atoms with Crippen LogP contribution in [0.5, 0.6) is 0 Å². The lowest BCUT2D eigenvalue weighted by Crippen LogP contribution is -2.27. The summed E-state index contributed by atoms with van der Waals surface area (Å²) in [7, 11) is 0. The SMILES string of the molecule is O=C(CC(=O)NN=Cc1ccccc1Br)NN=Cc1ccccc1Br. The van der Waals surface area contributed by atoms with E-state index >= 15 is 0 Å². The Hall–Kier alpha value is -2.32. The fraction of sp³-hybridized carbons (Fsp3) is 0.0588. The van der Waals surface area contributed by atoms with Gasteiger partial charge >= 0.3 is 0 Å². The van der Waals surface area contributed by atoms with Gasteiger partial charge in [-0.05, 0) is 12.1 Å². The molecule has 2 aromatic carbocycles. The van der Waals surface area contributed by atoms with E-state index in [1.807, 2.05) is 48.5 Å². The number of amides is 2. The molecule has 0 saturated heterocycles. The zero-order chi connectivity index (χ0) is 18.1. The summed E-state index contributed by atoms with van der Waals surface area (Å²) in [5.41, 5.74) is 6.21. The molecule has 0 atom stereocenters. The summed E-state index contributed by atoms with van der Waals surface area (Å²) in [5, 5.41) is 7.63. The number of carbonyl (C=O) groups excluding carboxylic acids is 2. The van der Waals surface area contributed by atoms with Gasteiger partial charge in [-0.3, -0.25) is 9.59 Å². The Kier molecular flexibility index (Phi) is 7.49. The van der Waals surface area contributed by atoms with Crippen molar-refractivity contribution in [1.29, 1.82) is 0 Å². The first-order valence-corrected chi connectivity index (χ1v) is 8.77. The predicted octanol–water partition coefficient (Wildman–Crippen LogP) is 3.20. The van der Waals surface area contributed by atoms with E-state index in [0.717, 1.165) is 20.1 Å². The van der Waals surface area contributed by atoms with Crippen LogP contribution in [-0.4, -0.2) is 24.2 Å². The van der Waals surface area contributed by atoms with E-state index in [1.54, 1.807) is 0 Å². The van der Waals surface area contributed by atoms with Gasteiger partial charge in [0, 0.05) is 20.1 Å². The van der Waals surface area contributed by atoms with Crippen LogP contribution in [0.1, 0.15) is 17.5 Å². The Balaban J connectivity index is 1.77. The number of nitrogens with zero attached hydrogens (tertiary/aromatic N) is 2. The second-order valence-electron chi connectivity index (χ2n) is 4.81. The highest BCUT2D eigenvalue weighted by molar-refractivity contribution is 9.10. The van der Waals surface area contributed by atoms with Gasteiger partial charge in [0.25, 0.3) is 0 Å². The highest BCUT2D eigenvalue weighted by Gasteiger charge is 2.07. The third-order valence-corrected chi connectivity index (χ3v) is 4.36. The molecule has 8 heteroatoms. The summed E-state index contributed by atoms with van der Waals surface area (Å²) >= 11 is 6.74. The monoisotopic (exact) mass is 464 g/mol. The standard InChI is InChI=1S/C17H14Br2N4O2/c18-14-7-3-1-5-12(14)10-20-22-16(24)9-17(25)23-21-11-13-6-2-4-8-15(13)19/h1-8,10-11H,9H2,(H,22,24)(H,23,25). The van der Waals surface area contributed by atoms with Gasteiger partial charge < -0.3 is 0 Å². The van der Waals surface area contributed by atoms with Crippen LogP contribution in [0, 0.1) is 0 Å². The molecule has 2 aromatic rings. The zero-order valence-corrected chi connectivity index (χ0v) is 16.1. The van der Waals surface area contributed by atoms with E-state index in [1.165, 1.54) is 12.4 Å². The topological polar surface area (TPSA) is 82.9 Å². The second-order valence-corrected chi connectivity index (χ2v) is 6.51. The summed E-state index contributed by atoms with van der Waals surface area (Å²) in [6.07, 6.45) is 2.61. The van der Waals surface area contributed by atoms with Crippen molar-refractivity contribution in [1.82, 2.24) is 10.9 Å². The van der Waals surface area contributed by atoms with E-state index in [4.69, 9.17) is 0 Å². The molecule has 2 N–H and O–H groups in total. The number of rotatable bonds is 6. The van der Waals surface area contributed by atoms with E-state index < -0.39 is 11.8 Å². The Labute approximate surface area is 161 Å². The lowest BCUT2D eigenvalue weighted by molar-refractivity contribution is -0.129. The van der Waals surface area contributed by atoms with Gasteiger partial charge in [-0.2, -0.15) is 10.2 Å². The summed E-state index contributed by atoms with van der Waals surface area (Å²) < 4.78 is 1.71. The minimum Gasteiger partial charge on any atom is -0.273 e. The van der Waals surface area contributed by atoms with Gasteiger partial charge in [-0.25, -0.2) is 10.9 Å². The summed E-state index contributed by atoms with van der Waals surface area (Å²) in [5.74, 6) is -1.06. The Bertz CT molecular complexity index is 754. The van der Waals surface area contributed by atoms with Crippen LogP contribution in [0.2, 0.25) is 0 Å². The first-order chi connectivity index (χ1) is 12.1. The maximum atomic E-state index is 11.7. The third-order valence-electron chi connectivity index (χ3n) is 2.92. The number of halogens is 2. The molecule has 0 fully saturated rings. The quantitative estimate of drug-likeness (QED) is 0.390. The number of carbonyl (C=O) groups is 2. The van der Waals surface area contributed by atoms with Crippen molar-refractivity contribution >= 4 is 56.1 Å². The van der Waals surface area contributed by atoms with Gasteiger partial charge in [0.1, 0.15) is 6.42 Å². The molecule has 0 radical (unpaired) electrons. The molecule has 0 aliphatic rings. The Morgan fingerprint density at radius 2 is 1.20 bits per heavy atom. The Morgan fingerprint density at radius 1 is 0.800 bits per heavy atom. The van der Waals surface area contributed by atoms with Crippen LogP contribution in [0.25, 0.3) is 0 Å². The van der Waals surface area contributed by atoms with Gasteiger partial charge in [-0.15, -0.1) is 0 Å². The second kappa shape index (κ2) is 9.85. The first kappa shape index (κ1) is 19.0. The van der Waals surface area contributed by atoms with E-state index in [-0.39, 0.29) is 6.42 Å². The van der Waals surface area contributed by atoms with E-state index in [9.17, 15) is 9.59 Å². The maximum Gasteiger partial charge on any atom is 0.249 e. The average molecular weight is 466 g/mol. The summed E-state index contributed by atoms with van der Waals surface area (Å²) in [6, 6.07) is 14.8. The minimum absolute atomic E-state index is 0.374. The van der Waals surface area contributed by atoms with Gasteiger partial charge in [0.05, 0.1) is 12.4 Å². The number of hydrazone groups is 2. The number of nitrogens with one attached hydrogen (secondary N) is 2. The van der Waals surface area contributed by atoms with Gasteiger partial charge in [-0.1, -0.05) is 68.3 Å². The average Bonchev–Trinajstić information content (AvgIpc) is 2.58. The number of hydrogen-bond donors (Lipinski definition) is 2. The minimum atomic E-state index is -0.531. The molecule has 0 aliphatic carbocycles. The number of benzene rings is 2. The predicted molar refractivity (Wildman–Crippen MR) is 104 cm³/mol. The van der Waals surface area contributed by atoms with Gasteiger partial charge in [0.2, 0.25) is 11.8 Å². The molecular formula is C17H14Br2N4O2. The van der Waals surface area contributed by atoms with Crippen LogP contribution in [0.3, 0.4) is 0 Å². The van der Waals surface area contributed by atoms with Crippen molar-refractivity contribution in [2.75, 3.05) is 0 Å². The summed E-state index contributed by atoms with van der Waals surface area (Å²) in [4.78, 5) is 23.3. The lowest BCUT2D eigenvalue weighted by Gasteiger charge is -2.00. The molecule has 128 valence electrons. The number of hydrogen-bond acceptors (Lipinski definition) is 4. The lowest BCUT2D eigenvalue weighted by atomic mass is 10.2. The zero-order valence-electron chi connectivity index (χ0n) is 12.9. The summed E-state index contributed by atoms with van der Waals surface area (Å²) in [6.45, 7) is 0. The van der Waals surface area contributed by atoms with E-state index in [2.05, 4.69) is 52.9 Å². The fourth-order valence-electron chi connectivity index (χ4n) is 1.73. The Morgan fingerprint density at radius 3 is 1.60 bits per heavy atom. The molecule has 0 aromatic heterocycles. The van der Waals surface area contributed by atoms with Gasteiger partial charge in [0.15, 0.2) is 0 Å². The van der Waals surface area contributed by atoms with Crippen LogP contribution < -0.4 is 10.9 Å². The smallest absolute Gasteiger partial charge is 0.249 e. The molecular weight excluding hydrogens is 452 g/mol. The highest BCUT2D eigenvalue weighted by Crippen LogP contribution is 2.13. The van der Waals surface area contributed by atoms with Crippen LogP contribution in [-0.2, 0) is 9.59 Å². The van der Waals surface area contributed by atoms with Crippen LogP contribution >= 0.6 is 31.9 Å². The van der Waals surface area contributed by atoms with Crippen molar-refractivity contribution in [3.05, 3.63) is 68.6 Å². The molecule has 6 nitrogen and oxygen atoms in total. The van der Waals surface area contributed by atoms with E-state index in [0.29, 0.717) is 0 Å². The van der Waals surface area contributed by atoms with Crippen LogP contribution in [0.15, 0.2) is 67.7 Å². The van der Waals surface area contributed by atoms with Crippen molar-refractivity contribution in [3.63, 3.8) is 0 Å². The van der Waals surface area contributed by atoms with Crippen molar-refractivity contribution in [2.24, 2.45) is 10.2 Å². The molecule has 0 spiro atoms. The maximum absolute atomic E-state index is 11.7. The molecule has 25 heavy (non-hydrogen) atoms. The first-order valence-electron chi connectivity index (χ1n) is 7.19. The fourth-order valence-corrected chi connectivity index (χ4v) is 2.51. The molecule has 2 rings (SSSR count). The van der Waals surface area contributed by atoms with Crippen molar-refractivity contribution in [2.45, 2.75) is 6.42 Å². The normalized spacial score (nSPS) is 11.0. The molecule has 0 bridgehead atoms.